The normalized spacial score (nSPS) is 17.8. The van der Waals surface area contributed by atoms with Crippen LogP contribution in [0.3, 0.4) is 0 Å². The first-order chi connectivity index (χ1) is 5.97. The molecule has 0 aromatic heterocycles. The summed E-state index contributed by atoms with van der Waals surface area (Å²) in [6, 6.07) is 0.136. The van der Waals surface area contributed by atoms with Crippen molar-refractivity contribution in [3.05, 3.63) is 0 Å². The SMILES string of the molecule is CCC(C)CC(C)NC(C)C(N)=O. The van der Waals surface area contributed by atoms with E-state index >= 15 is 0 Å². The third-order valence-electron chi connectivity index (χ3n) is 2.41. The molecule has 0 aliphatic carbocycles. The van der Waals surface area contributed by atoms with E-state index in [-0.39, 0.29) is 11.9 Å². The van der Waals surface area contributed by atoms with Crippen LogP contribution in [0.4, 0.5) is 0 Å². The third-order valence-corrected chi connectivity index (χ3v) is 2.41. The van der Waals surface area contributed by atoms with E-state index < -0.39 is 0 Å². The minimum Gasteiger partial charge on any atom is -0.368 e. The van der Waals surface area contributed by atoms with Gasteiger partial charge in [-0.2, -0.15) is 0 Å². The molecule has 0 radical (unpaired) electrons. The monoisotopic (exact) mass is 186 g/mol. The van der Waals surface area contributed by atoms with Gasteiger partial charge in [-0.1, -0.05) is 20.3 Å². The molecule has 0 spiro atoms. The molecule has 0 saturated heterocycles. The lowest BCUT2D eigenvalue weighted by Crippen LogP contribution is -2.43. The summed E-state index contributed by atoms with van der Waals surface area (Å²) in [6.07, 6.45) is 2.27. The fourth-order valence-corrected chi connectivity index (χ4v) is 1.35. The topological polar surface area (TPSA) is 55.1 Å². The van der Waals surface area contributed by atoms with Crippen LogP contribution in [0, 0.1) is 5.92 Å². The van der Waals surface area contributed by atoms with Gasteiger partial charge >= 0.3 is 0 Å². The van der Waals surface area contributed by atoms with Crippen LogP contribution < -0.4 is 11.1 Å². The summed E-state index contributed by atoms with van der Waals surface area (Å²) in [5.74, 6) is 0.415. The Morgan fingerprint density at radius 3 is 2.31 bits per heavy atom. The standard InChI is InChI=1S/C10H22N2O/c1-5-7(2)6-8(3)12-9(4)10(11)13/h7-9,12H,5-6H2,1-4H3,(H2,11,13). The molecule has 3 heteroatoms. The van der Waals surface area contributed by atoms with Gasteiger partial charge in [0.2, 0.25) is 5.91 Å². The molecule has 78 valence electrons. The number of hydrogen-bond acceptors (Lipinski definition) is 2. The second-order valence-corrected chi connectivity index (χ2v) is 3.94. The Hall–Kier alpha value is -0.570. The molecule has 0 aromatic carbocycles. The average Bonchev–Trinajstić information content (AvgIpc) is 2.03. The largest absolute Gasteiger partial charge is 0.368 e. The van der Waals surface area contributed by atoms with Gasteiger partial charge in [-0.15, -0.1) is 0 Å². The van der Waals surface area contributed by atoms with Crippen molar-refractivity contribution in [2.45, 2.75) is 52.6 Å². The van der Waals surface area contributed by atoms with Crippen LogP contribution in [0.5, 0.6) is 0 Å². The molecule has 0 saturated carbocycles. The number of hydrogen-bond donors (Lipinski definition) is 2. The maximum atomic E-state index is 10.7. The number of primary amides is 1. The Labute approximate surface area is 81.1 Å². The third kappa shape index (κ3) is 5.64. The minimum absolute atomic E-state index is 0.223. The first-order valence-electron chi connectivity index (χ1n) is 5.02. The summed E-state index contributed by atoms with van der Waals surface area (Å²) in [5.41, 5.74) is 5.15. The number of carbonyl (C=O) groups excluding carboxylic acids is 1. The summed E-state index contributed by atoms with van der Waals surface area (Å²) >= 11 is 0. The number of nitrogens with two attached hydrogens (primary N) is 1. The lowest BCUT2D eigenvalue weighted by atomic mass is 10.00. The van der Waals surface area contributed by atoms with Gasteiger partial charge in [-0.05, 0) is 26.2 Å². The van der Waals surface area contributed by atoms with E-state index in [2.05, 4.69) is 26.1 Å². The van der Waals surface area contributed by atoms with Crippen molar-refractivity contribution in [3.8, 4) is 0 Å². The molecule has 0 fully saturated rings. The molecule has 3 nitrogen and oxygen atoms in total. The van der Waals surface area contributed by atoms with Gasteiger partial charge in [-0.3, -0.25) is 4.79 Å². The van der Waals surface area contributed by atoms with Gasteiger partial charge in [-0.25, -0.2) is 0 Å². The summed E-state index contributed by atoms with van der Waals surface area (Å²) in [6.45, 7) is 8.28. The predicted octanol–water partition coefficient (Wildman–Crippen LogP) is 1.27. The van der Waals surface area contributed by atoms with Gasteiger partial charge in [0.15, 0.2) is 0 Å². The number of nitrogens with one attached hydrogen (secondary N) is 1. The quantitative estimate of drug-likeness (QED) is 0.656. The fraction of sp³-hybridized carbons (Fsp3) is 0.900. The fourth-order valence-electron chi connectivity index (χ4n) is 1.35. The van der Waals surface area contributed by atoms with Crippen LogP contribution in [-0.4, -0.2) is 18.0 Å². The first-order valence-corrected chi connectivity index (χ1v) is 5.02. The zero-order valence-electron chi connectivity index (χ0n) is 9.13. The van der Waals surface area contributed by atoms with Gasteiger partial charge in [0.05, 0.1) is 6.04 Å². The van der Waals surface area contributed by atoms with Crippen molar-refractivity contribution in [3.63, 3.8) is 0 Å². The Bertz CT molecular complexity index is 159. The molecule has 3 atom stereocenters. The van der Waals surface area contributed by atoms with Crippen LogP contribution in [-0.2, 0) is 4.79 Å². The lowest BCUT2D eigenvalue weighted by Gasteiger charge is -2.20. The van der Waals surface area contributed by atoms with Crippen LogP contribution in [0.2, 0.25) is 0 Å². The van der Waals surface area contributed by atoms with Crippen LogP contribution >= 0.6 is 0 Å². The first kappa shape index (κ1) is 12.4. The van der Waals surface area contributed by atoms with Crippen molar-refractivity contribution in [1.82, 2.24) is 5.32 Å². The van der Waals surface area contributed by atoms with Crippen molar-refractivity contribution in [1.29, 1.82) is 0 Å². The van der Waals surface area contributed by atoms with Gasteiger partial charge in [0, 0.05) is 6.04 Å². The van der Waals surface area contributed by atoms with E-state index in [0.717, 1.165) is 6.42 Å². The Morgan fingerprint density at radius 2 is 1.92 bits per heavy atom. The number of carbonyl (C=O) groups is 1. The maximum absolute atomic E-state index is 10.7. The van der Waals surface area contributed by atoms with Crippen molar-refractivity contribution < 1.29 is 4.79 Å². The van der Waals surface area contributed by atoms with E-state index in [0.29, 0.717) is 12.0 Å². The van der Waals surface area contributed by atoms with Gasteiger partial charge < -0.3 is 11.1 Å². The smallest absolute Gasteiger partial charge is 0.234 e. The van der Waals surface area contributed by atoms with E-state index in [4.69, 9.17) is 5.73 Å². The molecule has 3 N–H and O–H groups in total. The van der Waals surface area contributed by atoms with E-state index in [1.165, 1.54) is 6.42 Å². The van der Waals surface area contributed by atoms with E-state index in [9.17, 15) is 4.79 Å². The summed E-state index contributed by atoms with van der Waals surface area (Å²) in [4.78, 5) is 10.7. The van der Waals surface area contributed by atoms with Gasteiger partial charge in [0.1, 0.15) is 0 Å². The number of rotatable bonds is 6. The summed E-state index contributed by atoms with van der Waals surface area (Å²) < 4.78 is 0. The second-order valence-electron chi connectivity index (χ2n) is 3.94. The van der Waals surface area contributed by atoms with Crippen molar-refractivity contribution in [2.75, 3.05) is 0 Å². The molecular weight excluding hydrogens is 164 g/mol. The molecular formula is C10H22N2O. The highest BCUT2D eigenvalue weighted by atomic mass is 16.1. The molecule has 0 aliphatic rings. The lowest BCUT2D eigenvalue weighted by molar-refractivity contribution is -0.119. The highest BCUT2D eigenvalue weighted by molar-refractivity contribution is 5.79. The molecule has 1 amide bonds. The average molecular weight is 186 g/mol. The molecule has 0 bridgehead atoms. The summed E-state index contributed by atoms with van der Waals surface area (Å²) in [5, 5.41) is 3.17. The Balaban J connectivity index is 3.73. The molecule has 3 unspecified atom stereocenters. The predicted molar refractivity (Wildman–Crippen MR) is 55.3 cm³/mol. The van der Waals surface area contributed by atoms with E-state index in [1.807, 2.05) is 0 Å². The molecule has 0 heterocycles. The van der Waals surface area contributed by atoms with Crippen LogP contribution in [0.15, 0.2) is 0 Å². The molecule has 0 aliphatic heterocycles. The van der Waals surface area contributed by atoms with Crippen LogP contribution in [0.25, 0.3) is 0 Å². The zero-order valence-corrected chi connectivity index (χ0v) is 9.13. The van der Waals surface area contributed by atoms with Gasteiger partial charge in [0.25, 0.3) is 0 Å². The van der Waals surface area contributed by atoms with Crippen LogP contribution in [0.1, 0.15) is 40.5 Å². The minimum atomic E-state index is -0.281. The highest BCUT2D eigenvalue weighted by Gasteiger charge is 2.13. The second kappa shape index (κ2) is 5.97. The number of amides is 1. The molecule has 0 aromatic rings. The Morgan fingerprint density at radius 1 is 1.38 bits per heavy atom. The maximum Gasteiger partial charge on any atom is 0.234 e. The van der Waals surface area contributed by atoms with E-state index in [1.54, 1.807) is 6.92 Å². The Kier molecular flexibility index (Phi) is 5.71. The van der Waals surface area contributed by atoms with Crippen molar-refractivity contribution in [2.24, 2.45) is 11.7 Å². The molecule has 13 heavy (non-hydrogen) atoms. The summed E-state index contributed by atoms with van der Waals surface area (Å²) in [7, 11) is 0. The zero-order chi connectivity index (χ0) is 10.4. The molecule has 0 rings (SSSR count). The van der Waals surface area contributed by atoms with Crippen molar-refractivity contribution >= 4 is 5.91 Å². The highest BCUT2D eigenvalue weighted by Crippen LogP contribution is 2.09.